The summed E-state index contributed by atoms with van der Waals surface area (Å²) in [5, 5.41) is 143. The van der Waals surface area contributed by atoms with Gasteiger partial charge in [0, 0.05) is 0 Å². The minimum absolute atomic E-state index is 0.780. The van der Waals surface area contributed by atoms with Crippen LogP contribution in [-0.2, 0) is 33.2 Å². The summed E-state index contributed by atoms with van der Waals surface area (Å²) in [7, 11) is 0. The van der Waals surface area contributed by atoms with Crippen LogP contribution >= 0.6 is 0 Å². The summed E-state index contributed by atoms with van der Waals surface area (Å²) < 4.78 is 38.5. The minimum atomic E-state index is -2.59. The van der Waals surface area contributed by atoms with Gasteiger partial charge in [-0.25, -0.2) is 0 Å². The molecule has 0 spiro atoms. The number of aliphatic hydroxyl groups excluding tert-OH is 14. The van der Waals surface area contributed by atoms with Gasteiger partial charge in [-0.05, 0) is 0 Å². The molecule has 0 aromatic rings. The molecule has 17 unspecified atom stereocenters. The van der Waals surface area contributed by atoms with Crippen LogP contribution in [0.3, 0.4) is 0 Å². The molecule has 14 N–H and O–H groups in total. The molecule has 4 heterocycles. The van der Waals surface area contributed by atoms with Crippen molar-refractivity contribution in [1.82, 2.24) is 0 Å². The first-order chi connectivity index (χ1) is 21.2. The van der Waals surface area contributed by atoms with E-state index in [1.165, 1.54) is 0 Å². The van der Waals surface area contributed by atoms with Crippen LogP contribution in [0, 0.1) is 0 Å². The molecule has 0 aromatic heterocycles. The zero-order chi connectivity index (χ0) is 33.5. The highest BCUT2D eigenvalue weighted by atomic mass is 16.8. The number of hydrogen-bond donors (Lipinski definition) is 14. The molecule has 0 saturated carbocycles. The summed E-state index contributed by atoms with van der Waals surface area (Å²) in [6.45, 7) is -6.84. The molecule has 0 radical (unpaired) electrons. The Balaban J connectivity index is 1.64. The third kappa shape index (κ3) is 6.37. The first kappa shape index (κ1) is 37.0. The highest BCUT2D eigenvalue weighted by molar-refractivity contribution is 5.02. The second-order valence-electron chi connectivity index (χ2n) is 11.3. The lowest BCUT2D eigenvalue weighted by Crippen LogP contribution is -2.66. The summed E-state index contributed by atoms with van der Waals surface area (Å²) in [6.07, 6.45) is -25.9. The van der Waals surface area contributed by atoms with E-state index in [9.17, 15) is 71.5 Å². The maximum atomic E-state index is 11.2. The summed E-state index contributed by atoms with van der Waals surface area (Å²) >= 11 is 0. The molecule has 4 saturated heterocycles. The Morgan fingerprint density at radius 2 is 0.867 bits per heavy atom. The van der Waals surface area contributed by atoms with Crippen LogP contribution in [0.25, 0.3) is 0 Å². The molecule has 0 aliphatic carbocycles. The largest absolute Gasteiger partial charge is 0.394 e. The lowest BCUT2D eigenvalue weighted by molar-refractivity contribution is -0.416. The van der Waals surface area contributed by atoms with Gasteiger partial charge >= 0.3 is 0 Å². The van der Waals surface area contributed by atoms with Crippen LogP contribution in [0.4, 0.5) is 0 Å². The molecule has 4 fully saturated rings. The zero-order valence-corrected chi connectivity index (χ0v) is 23.7. The van der Waals surface area contributed by atoms with Gasteiger partial charge in [-0.15, -0.1) is 0 Å². The first-order valence-corrected chi connectivity index (χ1v) is 14.0. The average Bonchev–Trinajstić information content (AvgIpc) is 3.55. The molecular weight excluding hydrogens is 624 g/mol. The normalized spacial score (nSPS) is 52.1. The Morgan fingerprint density at radius 3 is 1.27 bits per heavy atom. The number of rotatable bonds is 13. The third-order valence-corrected chi connectivity index (χ3v) is 8.51. The minimum Gasteiger partial charge on any atom is -0.394 e. The molecule has 0 aromatic carbocycles. The fourth-order valence-electron chi connectivity index (χ4n) is 5.75. The van der Waals surface area contributed by atoms with Crippen molar-refractivity contribution in [2.24, 2.45) is 0 Å². The van der Waals surface area contributed by atoms with Gasteiger partial charge < -0.3 is 105 Å². The Labute approximate surface area is 254 Å². The van der Waals surface area contributed by atoms with E-state index >= 15 is 0 Å². The van der Waals surface area contributed by atoms with E-state index in [4.69, 9.17) is 33.2 Å². The molecule has 4 rings (SSSR count). The van der Waals surface area contributed by atoms with Gasteiger partial charge in [0.1, 0.15) is 99.2 Å². The molecule has 17 atom stereocenters. The topological polar surface area (TPSA) is 348 Å². The second-order valence-corrected chi connectivity index (χ2v) is 11.3. The fraction of sp³-hybridized carbons (Fsp3) is 1.00. The average molecular weight is 667 g/mol. The van der Waals surface area contributed by atoms with Crippen LogP contribution in [0.5, 0.6) is 0 Å². The fourth-order valence-corrected chi connectivity index (χ4v) is 5.75. The van der Waals surface area contributed by atoms with E-state index in [2.05, 4.69) is 0 Å². The van der Waals surface area contributed by atoms with Crippen LogP contribution in [0.15, 0.2) is 0 Å². The summed E-state index contributed by atoms with van der Waals surface area (Å²) in [4.78, 5) is 0. The van der Waals surface area contributed by atoms with Crippen molar-refractivity contribution in [3.05, 3.63) is 0 Å². The van der Waals surface area contributed by atoms with Gasteiger partial charge in [-0.1, -0.05) is 0 Å². The van der Waals surface area contributed by atoms with E-state index in [0.717, 1.165) is 0 Å². The quantitative estimate of drug-likeness (QED) is 0.0867. The molecule has 0 amide bonds. The molecule has 0 bridgehead atoms. The summed E-state index contributed by atoms with van der Waals surface area (Å²) in [5.41, 5.74) is 0. The van der Waals surface area contributed by atoms with Crippen molar-refractivity contribution in [2.45, 2.75) is 103 Å². The van der Waals surface area contributed by atoms with E-state index in [1.54, 1.807) is 0 Å². The monoisotopic (exact) mass is 666 g/mol. The molecule has 21 nitrogen and oxygen atoms in total. The van der Waals surface area contributed by atoms with Gasteiger partial charge in [-0.2, -0.15) is 0 Å². The van der Waals surface area contributed by atoms with Crippen molar-refractivity contribution in [1.29, 1.82) is 0 Å². The highest BCUT2D eigenvalue weighted by Gasteiger charge is 2.63. The highest BCUT2D eigenvalue weighted by Crippen LogP contribution is 2.41. The molecule has 264 valence electrons. The third-order valence-electron chi connectivity index (χ3n) is 8.51. The Kier molecular flexibility index (Phi) is 11.8. The van der Waals surface area contributed by atoms with Crippen molar-refractivity contribution >= 4 is 0 Å². The van der Waals surface area contributed by atoms with Crippen molar-refractivity contribution in [3.63, 3.8) is 0 Å². The Morgan fingerprint density at radius 1 is 0.467 bits per heavy atom. The predicted molar refractivity (Wildman–Crippen MR) is 134 cm³/mol. The van der Waals surface area contributed by atoms with Crippen LogP contribution < -0.4 is 0 Å². The molecule has 4 aliphatic rings. The van der Waals surface area contributed by atoms with Crippen LogP contribution in [0.1, 0.15) is 0 Å². The maximum absolute atomic E-state index is 11.2. The van der Waals surface area contributed by atoms with Crippen molar-refractivity contribution < 1.29 is 105 Å². The SMILES string of the molecule is OCC1OC(CO)(OCC2OC(OC3(CO)OC(CO)C(O)C3O)C(OC3(CO)OC(CO)C(O)C3O)C(O)C2O)C(O)C1O. The molecule has 21 heteroatoms. The predicted octanol–water partition coefficient (Wildman–Crippen LogP) is -9.74. The van der Waals surface area contributed by atoms with E-state index in [-0.39, 0.29) is 0 Å². The number of ether oxygens (including phenoxy) is 7. The van der Waals surface area contributed by atoms with Gasteiger partial charge in [-0.3, -0.25) is 0 Å². The molecule has 4 aliphatic heterocycles. The van der Waals surface area contributed by atoms with Gasteiger partial charge in [0.15, 0.2) is 6.29 Å². The lowest BCUT2D eigenvalue weighted by atomic mass is 9.97. The Hall–Kier alpha value is -0.840. The number of aliphatic hydroxyl groups is 14. The van der Waals surface area contributed by atoms with Gasteiger partial charge in [0.25, 0.3) is 0 Å². The second kappa shape index (κ2) is 14.3. The van der Waals surface area contributed by atoms with Gasteiger partial charge in [0.05, 0.1) is 26.4 Å². The van der Waals surface area contributed by atoms with E-state index in [0.29, 0.717) is 0 Å². The molecule has 45 heavy (non-hydrogen) atoms. The standard InChI is InChI=1S/C24H42O21/c25-1-8-13(32)18(36)22(5-28,41-8)39-4-11-12(31)16(35)17(44-23(6-29)19(37)14(33)9(2-26)42-23)21(40-11)45-24(7-30)20(38)15(34)10(3-27)43-24/h8-21,25-38H,1-7H2. The summed E-state index contributed by atoms with van der Waals surface area (Å²) in [6, 6.07) is 0. The van der Waals surface area contributed by atoms with Crippen LogP contribution in [0.2, 0.25) is 0 Å². The van der Waals surface area contributed by atoms with Crippen molar-refractivity contribution in [2.75, 3.05) is 46.2 Å². The van der Waals surface area contributed by atoms with Crippen molar-refractivity contribution in [3.8, 4) is 0 Å². The molecular formula is C24H42O21. The first-order valence-electron chi connectivity index (χ1n) is 14.0. The Bertz CT molecular complexity index is 962. The smallest absolute Gasteiger partial charge is 0.224 e. The van der Waals surface area contributed by atoms with Crippen LogP contribution in [-0.4, -0.2) is 221 Å². The van der Waals surface area contributed by atoms with E-state index < -0.39 is 149 Å². The lowest BCUT2D eigenvalue weighted by Gasteiger charge is -2.47. The van der Waals surface area contributed by atoms with E-state index in [1.807, 2.05) is 0 Å². The zero-order valence-electron chi connectivity index (χ0n) is 23.7. The summed E-state index contributed by atoms with van der Waals surface area (Å²) in [5.74, 6) is -7.52. The van der Waals surface area contributed by atoms with Gasteiger partial charge in [0.2, 0.25) is 17.4 Å². The number of hydrogen-bond acceptors (Lipinski definition) is 21. The maximum Gasteiger partial charge on any atom is 0.224 e.